The highest BCUT2D eigenvalue weighted by Gasteiger charge is 2.26. The largest absolute Gasteiger partial charge is 0.354 e. The van der Waals surface area contributed by atoms with Gasteiger partial charge in [0.05, 0.1) is 0 Å². The van der Waals surface area contributed by atoms with Crippen LogP contribution < -0.4 is 10.2 Å². The summed E-state index contributed by atoms with van der Waals surface area (Å²) in [6.45, 7) is 16.1. The monoisotopic (exact) mass is 277 g/mol. The van der Waals surface area contributed by atoms with Crippen molar-refractivity contribution in [2.75, 3.05) is 42.9 Å². The van der Waals surface area contributed by atoms with Gasteiger partial charge in [0.15, 0.2) is 0 Å². The number of piperazine rings is 1. The van der Waals surface area contributed by atoms with E-state index >= 15 is 0 Å². The quantitative estimate of drug-likeness (QED) is 0.917. The predicted molar refractivity (Wildman–Crippen MR) is 84.5 cm³/mol. The lowest BCUT2D eigenvalue weighted by molar-refractivity contribution is 0.128. The van der Waals surface area contributed by atoms with E-state index in [1.165, 1.54) is 0 Å². The van der Waals surface area contributed by atoms with Crippen molar-refractivity contribution in [1.29, 1.82) is 0 Å². The van der Waals surface area contributed by atoms with Gasteiger partial charge in [-0.05, 0) is 34.6 Å². The fourth-order valence-corrected chi connectivity index (χ4v) is 2.59. The minimum Gasteiger partial charge on any atom is -0.354 e. The Morgan fingerprint density at radius 2 is 1.85 bits per heavy atom. The fraction of sp³-hybridized carbons (Fsp3) is 0.733. The van der Waals surface area contributed by atoms with Crippen LogP contribution in [0.15, 0.2) is 6.20 Å². The highest BCUT2D eigenvalue weighted by molar-refractivity contribution is 5.49. The van der Waals surface area contributed by atoms with Crippen molar-refractivity contribution in [2.24, 2.45) is 0 Å². The Morgan fingerprint density at radius 1 is 1.20 bits per heavy atom. The molecule has 1 aliphatic heterocycles. The lowest BCUT2D eigenvalue weighted by Crippen LogP contribution is -2.53. The molecular weight excluding hydrogens is 250 g/mol. The first-order valence-electron chi connectivity index (χ1n) is 7.49. The number of aromatic nitrogens is 2. The molecule has 0 spiro atoms. The third kappa shape index (κ3) is 3.39. The van der Waals surface area contributed by atoms with E-state index in [1.54, 1.807) is 0 Å². The van der Waals surface area contributed by atoms with Gasteiger partial charge in [0.25, 0.3) is 0 Å². The van der Waals surface area contributed by atoms with Crippen LogP contribution in [0.4, 0.5) is 11.8 Å². The second kappa shape index (κ2) is 5.95. The van der Waals surface area contributed by atoms with Crippen LogP contribution in [0.2, 0.25) is 0 Å². The average molecular weight is 277 g/mol. The SMILES string of the molecule is CCNc1ncc(C)c(N2CCN(C(C)(C)C)CC2)n1. The molecular formula is C15H27N5. The minimum absolute atomic E-state index is 0.252. The summed E-state index contributed by atoms with van der Waals surface area (Å²) in [5.41, 5.74) is 1.40. The first-order chi connectivity index (χ1) is 9.41. The molecule has 0 radical (unpaired) electrons. The van der Waals surface area contributed by atoms with Gasteiger partial charge in [-0.15, -0.1) is 0 Å². The van der Waals surface area contributed by atoms with Gasteiger partial charge in [0.1, 0.15) is 5.82 Å². The zero-order chi connectivity index (χ0) is 14.8. The lowest BCUT2D eigenvalue weighted by atomic mass is 10.0. The van der Waals surface area contributed by atoms with E-state index in [4.69, 9.17) is 0 Å². The van der Waals surface area contributed by atoms with Gasteiger partial charge < -0.3 is 10.2 Å². The molecule has 112 valence electrons. The second-order valence-corrected chi connectivity index (χ2v) is 6.38. The molecule has 1 aliphatic rings. The Bertz CT molecular complexity index is 444. The zero-order valence-electron chi connectivity index (χ0n) is 13.4. The summed E-state index contributed by atoms with van der Waals surface area (Å²) in [7, 11) is 0. The summed E-state index contributed by atoms with van der Waals surface area (Å²) in [6.07, 6.45) is 1.91. The Kier molecular flexibility index (Phi) is 4.48. The van der Waals surface area contributed by atoms with E-state index in [2.05, 4.69) is 59.7 Å². The Hall–Kier alpha value is -1.36. The number of nitrogens with zero attached hydrogens (tertiary/aromatic N) is 4. The standard InChI is InChI=1S/C15H27N5/c1-6-16-14-17-11-12(2)13(18-14)19-7-9-20(10-8-19)15(3,4)5/h11H,6-10H2,1-5H3,(H,16,17,18). The van der Waals surface area contributed by atoms with Crippen molar-refractivity contribution in [1.82, 2.24) is 14.9 Å². The molecule has 20 heavy (non-hydrogen) atoms. The minimum atomic E-state index is 0.252. The van der Waals surface area contributed by atoms with Gasteiger partial charge in [-0.1, -0.05) is 0 Å². The molecule has 0 atom stereocenters. The molecule has 1 saturated heterocycles. The number of hydrogen-bond donors (Lipinski definition) is 1. The third-order valence-corrected chi connectivity index (χ3v) is 3.81. The van der Waals surface area contributed by atoms with E-state index in [0.717, 1.165) is 50.1 Å². The topological polar surface area (TPSA) is 44.3 Å². The maximum absolute atomic E-state index is 4.66. The molecule has 1 fully saturated rings. The second-order valence-electron chi connectivity index (χ2n) is 6.38. The van der Waals surface area contributed by atoms with Crippen molar-refractivity contribution in [3.8, 4) is 0 Å². The predicted octanol–water partition coefficient (Wildman–Crippen LogP) is 2.14. The molecule has 0 unspecified atom stereocenters. The average Bonchev–Trinajstić information content (AvgIpc) is 2.40. The lowest BCUT2D eigenvalue weighted by Gasteiger charge is -2.42. The molecule has 0 aromatic carbocycles. The third-order valence-electron chi connectivity index (χ3n) is 3.81. The van der Waals surface area contributed by atoms with E-state index in [1.807, 2.05) is 6.20 Å². The summed E-state index contributed by atoms with van der Waals surface area (Å²) in [6, 6.07) is 0. The van der Waals surface area contributed by atoms with Crippen molar-refractivity contribution >= 4 is 11.8 Å². The van der Waals surface area contributed by atoms with E-state index in [-0.39, 0.29) is 5.54 Å². The van der Waals surface area contributed by atoms with Crippen molar-refractivity contribution in [2.45, 2.75) is 40.2 Å². The summed E-state index contributed by atoms with van der Waals surface area (Å²) >= 11 is 0. The zero-order valence-corrected chi connectivity index (χ0v) is 13.4. The molecule has 5 heteroatoms. The smallest absolute Gasteiger partial charge is 0.224 e. The van der Waals surface area contributed by atoms with Crippen LogP contribution in [0.3, 0.4) is 0 Å². The molecule has 1 N–H and O–H groups in total. The van der Waals surface area contributed by atoms with Crippen molar-refractivity contribution in [3.63, 3.8) is 0 Å². The maximum atomic E-state index is 4.66. The molecule has 1 aromatic rings. The highest BCUT2D eigenvalue weighted by atomic mass is 15.3. The van der Waals surface area contributed by atoms with Gasteiger partial charge in [-0.25, -0.2) is 4.98 Å². The summed E-state index contributed by atoms with van der Waals surface area (Å²) in [5.74, 6) is 1.80. The number of nitrogens with one attached hydrogen (secondary N) is 1. The van der Waals surface area contributed by atoms with E-state index in [9.17, 15) is 0 Å². The number of rotatable bonds is 3. The Morgan fingerprint density at radius 3 is 2.40 bits per heavy atom. The molecule has 0 saturated carbocycles. The van der Waals surface area contributed by atoms with E-state index < -0.39 is 0 Å². The first-order valence-corrected chi connectivity index (χ1v) is 7.49. The normalized spacial score (nSPS) is 17.4. The number of hydrogen-bond acceptors (Lipinski definition) is 5. The van der Waals surface area contributed by atoms with Gasteiger partial charge in [0, 0.05) is 50.0 Å². The van der Waals surface area contributed by atoms with Crippen LogP contribution in [0.5, 0.6) is 0 Å². The maximum Gasteiger partial charge on any atom is 0.224 e. The summed E-state index contributed by atoms with van der Waals surface area (Å²) in [5, 5.41) is 3.19. The Labute approximate surface area is 122 Å². The Balaban J connectivity index is 2.08. The van der Waals surface area contributed by atoms with Crippen LogP contribution in [0.1, 0.15) is 33.3 Å². The summed E-state index contributed by atoms with van der Waals surface area (Å²) in [4.78, 5) is 13.9. The van der Waals surface area contributed by atoms with Gasteiger partial charge >= 0.3 is 0 Å². The van der Waals surface area contributed by atoms with E-state index in [0.29, 0.717) is 0 Å². The molecule has 0 bridgehead atoms. The highest BCUT2D eigenvalue weighted by Crippen LogP contribution is 2.22. The van der Waals surface area contributed by atoms with Gasteiger partial charge in [-0.3, -0.25) is 4.90 Å². The molecule has 2 heterocycles. The van der Waals surface area contributed by atoms with Crippen LogP contribution in [0, 0.1) is 6.92 Å². The fourth-order valence-electron chi connectivity index (χ4n) is 2.59. The molecule has 5 nitrogen and oxygen atoms in total. The number of anilines is 2. The molecule has 2 rings (SSSR count). The van der Waals surface area contributed by atoms with Gasteiger partial charge in [0.2, 0.25) is 5.95 Å². The molecule has 0 aliphatic carbocycles. The van der Waals surface area contributed by atoms with Crippen LogP contribution in [-0.4, -0.2) is 53.1 Å². The van der Waals surface area contributed by atoms with Crippen LogP contribution in [0.25, 0.3) is 0 Å². The molecule has 0 amide bonds. The summed E-state index contributed by atoms with van der Waals surface area (Å²) < 4.78 is 0. The first kappa shape index (κ1) is 15.0. The van der Waals surface area contributed by atoms with Crippen molar-refractivity contribution in [3.05, 3.63) is 11.8 Å². The molecule has 1 aromatic heterocycles. The van der Waals surface area contributed by atoms with Crippen LogP contribution in [-0.2, 0) is 0 Å². The van der Waals surface area contributed by atoms with Gasteiger partial charge in [-0.2, -0.15) is 4.98 Å². The van der Waals surface area contributed by atoms with Crippen LogP contribution >= 0.6 is 0 Å². The van der Waals surface area contributed by atoms with Crippen molar-refractivity contribution < 1.29 is 0 Å². The number of aryl methyl sites for hydroxylation is 1.